The molecular formula is C16H18O5. The van der Waals surface area contributed by atoms with Crippen LogP contribution in [0.3, 0.4) is 0 Å². The van der Waals surface area contributed by atoms with Crippen molar-refractivity contribution in [3.05, 3.63) is 42.5 Å². The zero-order valence-corrected chi connectivity index (χ0v) is 11.4. The second-order valence-corrected chi connectivity index (χ2v) is 5.23. The quantitative estimate of drug-likeness (QED) is 0.787. The van der Waals surface area contributed by atoms with Gasteiger partial charge in [-0.2, -0.15) is 0 Å². The number of aliphatic hydroxyl groups excluding tert-OH is 3. The van der Waals surface area contributed by atoms with Crippen LogP contribution >= 0.6 is 0 Å². The van der Waals surface area contributed by atoms with Crippen molar-refractivity contribution in [1.82, 2.24) is 0 Å². The van der Waals surface area contributed by atoms with Gasteiger partial charge < -0.3 is 24.8 Å². The smallest absolute Gasteiger partial charge is 0.229 e. The highest BCUT2D eigenvalue weighted by molar-refractivity contribution is 5.83. The van der Waals surface area contributed by atoms with E-state index in [0.717, 1.165) is 10.8 Å². The molecule has 112 valence electrons. The molecule has 2 aromatic rings. The molecule has 0 aromatic heterocycles. The van der Waals surface area contributed by atoms with Gasteiger partial charge in [0.2, 0.25) is 6.29 Å². The first-order valence-corrected chi connectivity index (χ1v) is 6.95. The number of aliphatic hydroxyl groups is 3. The second kappa shape index (κ2) is 5.99. The topological polar surface area (TPSA) is 79.2 Å². The van der Waals surface area contributed by atoms with Gasteiger partial charge in [0.25, 0.3) is 0 Å². The molecule has 0 aliphatic carbocycles. The van der Waals surface area contributed by atoms with Gasteiger partial charge in [-0.15, -0.1) is 0 Å². The summed E-state index contributed by atoms with van der Waals surface area (Å²) in [5, 5.41) is 31.0. The number of hydrogen-bond donors (Lipinski definition) is 3. The lowest BCUT2D eigenvalue weighted by atomic mass is 10.0. The highest BCUT2D eigenvalue weighted by Gasteiger charge is 2.38. The van der Waals surface area contributed by atoms with Crippen molar-refractivity contribution in [1.29, 1.82) is 0 Å². The molecule has 1 fully saturated rings. The van der Waals surface area contributed by atoms with Gasteiger partial charge >= 0.3 is 0 Å². The normalized spacial score (nSPS) is 29.5. The van der Waals surface area contributed by atoms with Crippen LogP contribution in [0.2, 0.25) is 0 Å². The van der Waals surface area contributed by atoms with E-state index in [1.807, 2.05) is 36.4 Å². The van der Waals surface area contributed by atoms with E-state index in [4.69, 9.17) is 14.6 Å². The Morgan fingerprint density at radius 2 is 1.86 bits per heavy atom. The summed E-state index contributed by atoms with van der Waals surface area (Å²) in [6, 6.07) is 13.4. The summed E-state index contributed by atoms with van der Waals surface area (Å²) in [6.07, 6.45) is -3.45. The minimum absolute atomic E-state index is 0.190. The first-order chi connectivity index (χ1) is 10.2. The molecule has 3 rings (SSSR count). The third-order valence-electron chi connectivity index (χ3n) is 3.68. The van der Waals surface area contributed by atoms with Crippen LogP contribution in [0.25, 0.3) is 10.8 Å². The summed E-state index contributed by atoms with van der Waals surface area (Å²) < 4.78 is 11.1. The predicted octanol–water partition coefficient (Wildman–Crippen LogP) is 1.05. The second-order valence-electron chi connectivity index (χ2n) is 5.23. The molecule has 1 saturated heterocycles. The lowest BCUT2D eigenvalue weighted by Gasteiger charge is -2.36. The third kappa shape index (κ3) is 3.01. The van der Waals surface area contributed by atoms with Crippen LogP contribution in [-0.2, 0) is 4.74 Å². The molecule has 5 heteroatoms. The SMILES string of the molecule is OC[C@@H]1C[C@H](O)[C@@H](O)[C@@H](Oc2ccc3ccccc3c2)O1. The standard InChI is InChI=1S/C16H18O5/c17-9-13-8-14(18)15(19)16(21-13)20-12-6-5-10-3-1-2-4-11(10)7-12/h1-7,13-19H,8-9H2/t13-,14-,15+,16-/m0/s1. The molecule has 0 radical (unpaired) electrons. The Kier molecular flexibility index (Phi) is 4.07. The van der Waals surface area contributed by atoms with Crippen molar-refractivity contribution in [2.24, 2.45) is 0 Å². The molecule has 0 bridgehead atoms. The van der Waals surface area contributed by atoms with Gasteiger partial charge in [0.15, 0.2) is 0 Å². The van der Waals surface area contributed by atoms with Crippen LogP contribution in [-0.4, -0.2) is 46.5 Å². The van der Waals surface area contributed by atoms with E-state index in [-0.39, 0.29) is 13.0 Å². The van der Waals surface area contributed by atoms with E-state index >= 15 is 0 Å². The lowest BCUT2D eigenvalue weighted by Crippen LogP contribution is -2.51. The maximum atomic E-state index is 9.94. The van der Waals surface area contributed by atoms with Gasteiger partial charge in [0.05, 0.1) is 18.8 Å². The Bertz CT molecular complexity index is 614. The van der Waals surface area contributed by atoms with E-state index in [0.29, 0.717) is 5.75 Å². The average molecular weight is 290 g/mol. The third-order valence-corrected chi connectivity index (χ3v) is 3.68. The maximum Gasteiger partial charge on any atom is 0.229 e. The van der Waals surface area contributed by atoms with Gasteiger partial charge in [-0.1, -0.05) is 30.3 Å². The molecule has 1 aliphatic rings. The van der Waals surface area contributed by atoms with Crippen LogP contribution < -0.4 is 4.74 Å². The summed E-state index contributed by atoms with van der Waals surface area (Å²) in [4.78, 5) is 0. The number of fused-ring (bicyclic) bond motifs is 1. The summed E-state index contributed by atoms with van der Waals surface area (Å²) in [5.74, 6) is 0.545. The van der Waals surface area contributed by atoms with Crippen molar-refractivity contribution in [3.8, 4) is 5.75 Å². The molecule has 5 nitrogen and oxygen atoms in total. The molecule has 1 heterocycles. The van der Waals surface area contributed by atoms with Gasteiger partial charge in [0, 0.05) is 6.42 Å². The minimum Gasteiger partial charge on any atom is -0.462 e. The lowest BCUT2D eigenvalue weighted by molar-refractivity contribution is -0.240. The zero-order valence-electron chi connectivity index (χ0n) is 11.4. The molecule has 4 atom stereocenters. The van der Waals surface area contributed by atoms with Crippen molar-refractivity contribution < 1.29 is 24.8 Å². The Morgan fingerprint density at radius 1 is 1.10 bits per heavy atom. The van der Waals surface area contributed by atoms with Crippen LogP contribution in [0, 0.1) is 0 Å². The molecule has 3 N–H and O–H groups in total. The predicted molar refractivity (Wildman–Crippen MR) is 77.0 cm³/mol. The average Bonchev–Trinajstić information content (AvgIpc) is 2.51. The van der Waals surface area contributed by atoms with Crippen molar-refractivity contribution in [3.63, 3.8) is 0 Å². The Labute approximate surface area is 122 Å². The van der Waals surface area contributed by atoms with Gasteiger partial charge in [0.1, 0.15) is 11.9 Å². The monoisotopic (exact) mass is 290 g/mol. The van der Waals surface area contributed by atoms with Crippen molar-refractivity contribution in [2.75, 3.05) is 6.61 Å². The molecule has 0 unspecified atom stereocenters. The molecule has 0 spiro atoms. The summed E-state index contributed by atoms with van der Waals surface area (Å²) in [7, 11) is 0. The summed E-state index contributed by atoms with van der Waals surface area (Å²) in [6.45, 7) is -0.221. The van der Waals surface area contributed by atoms with E-state index in [9.17, 15) is 10.2 Å². The fourth-order valence-corrected chi connectivity index (χ4v) is 2.51. The molecule has 0 saturated carbocycles. The number of rotatable bonds is 3. The summed E-state index contributed by atoms with van der Waals surface area (Å²) >= 11 is 0. The van der Waals surface area contributed by atoms with Crippen LogP contribution in [0.1, 0.15) is 6.42 Å². The Balaban J connectivity index is 1.79. The number of hydrogen-bond acceptors (Lipinski definition) is 5. The van der Waals surface area contributed by atoms with E-state index < -0.39 is 24.6 Å². The highest BCUT2D eigenvalue weighted by Crippen LogP contribution is 2.26. The first kappa shape index (κ1) is 14.3. The van der Waals surface area contributed by atoms with E-state index in [1.165, 1.54) is 0 Å². The largest absolute Gasteiger partial charge is 0.462 e. The van der Waals surface area contributed by atoms with Crippen LogP contribution in [0.5, 0.6) is 5.75 Å². The van der Waals surface area contributed by atoms with E-state index in [2.05, 4.69) is 0 Å². The van der Waals surface area contributed by atoms with Crippen LogP contribution in [0.4, 0.5) is 0 Å². The van der Waals surface area contributed by atoms with Gasteiger partial charge in [-0.05, 0) is 22.9 Å². The molecule has 2 aromatic carbocycles. The zero-order chi connectivity index (χ0) is 14.8. The first-order valence-electron chi connectivity index (χ1n) is 6.95. The Hall–Kier alpha value is -1.66. The molecular weight excluding hydrogens is 272 g/mol. The maximum absolute atomic E-state index is 9.94. The number of ether oxygens (including phenoxy) is 2. The Morgan fingerprint density at radius 3 is 2.62 bits per heavy atom. The summed E-state index contributed by atoms with van der Waals surface area (Å²) in [5.41, 5.74) is 0. The molecule has 21 heavy (non-hydrogen) atoms. The van der Waals surface area contributed by atoms with Crippen LogP contribution in [0.15, 0.2) is 42.5 Å². The minimum atomic E-state index is -1.14. The fourth-order valence-electron chi connectivity index (χ4n) is 2.51. The number of benzene rings is 2. The highest BCUT2D eigenvalue weighted by atomic mass is 16.7. The molecule has 1 aliphatic heterocycles. The van der Waals surface area contributed by atoms with Gasteiger partial charge in [-0.25, -0.2) is 0 Å². The fraction of sp³-hybridized carbons (Fsp3) is 0.375. The van der Waals surface area contributed by atoms with Crippen molar-refractivity contribution >= 4 is 10.8 Å². The van der Waals surface area contributed by atoms with Crippen molar-refractivity contribution in [2.45, 2.75) is 31.0 Å². The molecule has 0 amide bonds. The van der Waals surface area contributed by atoms with Gasteiger partial charge in [-0.3, -0.25) is 0 Å². The van der Waals surface area contributed by atoms with E-state index in [1.54, 1.807) is 6.07 Å².